The van der Waals surface area contributed by atoms with Crippen LogP contribution in [0.4, 0.5) is 14.7 Å². The molecule has 2 aliphatic rings. The van der Waals surface area contributed by atoms with Crippen LogP contribution in [0.2, 0.25) is 5.02 Å². The van der Waals surface area contributed by atoms with Gasteiger partial charge in [0.1, 0.15) is 11.3 Å². The van der Waals surface area contributed by atoms with Crippen molar-refractivity contribution in [3.05, 3.63) is 39.4 Å². The quantitative estimate of drug-likeness (QED) is 0.454. The van der Waals surface area contributed by atoms with E-state index in [9.17, 15) is 13.6 Å². The van der Waals surface area contributed by atoms with Crippen molar-refractivity contribution < 1.29 is 8.78 Å². The van der Waals surface area contributed by atoms with Gasteiger partial charge < -0.3 is 15.6 Å². The molecule has 34 heavy (non-hydrogen) atoms. The van der Waals surface area contributed by atoms with Crippen LogP contribution in [-0.4, -0.2) is 42.4 Å². The van der Waals surface area contributed by atoms with Gasteiger partial charge in [-0.15, -0.1) is 0 Å². The summed E-state index contributed by atoms with van der Waals surface area (Å²) in [6.07, 6.45) is 1.84. The number of fused-ring (bicyclic) bond motifs is 4. The zero-order valence-electron chi connectivity index (χ0n) is 18.7. The summed E-state index contributed by atoms with van der Waals surface area (Å²) in [6.45, 7) is 2.04. The topological polar surface area (TPSA) is 97.8 Å². The number of aromatic amines is 1. The van der Waals surface area contributed by atoms with Crippen molar-refractivity contribution in [1.82, 2.24) is 24.3 Å². The molecule has 6 rings (SSSR count). The Kier molecular flexibility index (Phi) is 4.76. The number of anilines is 1. The Labute approximate surface area is 198 Å². The zero-order chi connectivity index (χ0) is 23.9. The van der Waals surface area contributed by atoms with Crippen LogP contribution in [0.1, 0.15) is 38.3 Å². The summed E-state index contributed by atoms with van der Waals surface area (Å²) in [6, 6.07) is 3.90. The van der Waals surface area contributed by atoms with E-state index >= 15 is 0 Å². The minimum absolute atomic E-state index is 0.0733. The van der Waals surface area contributed by atoms with Gasteiger partial charge in [0.25, 0.3) is 12.0 Å². The van der Waals surface area contributed by atoms with Crippen LogP contribution in [0.15, 0.2) is 23.1 Å². The minimum atomic E-state index is -2.74. The SMILES string of the molecule is CCn1nc2ccc(-c3c[nH]c4nc(N5C6CC[C@H]5C[C@H]6N)n(C)c(=O)c34)c(Cl)c2c1C(F)F. The Balaban J connectivity index is 1.54. The van der Waals surface area contributed by atoms with Crippen LogP contribution in [0.3, 0.4) is 0 Å². The third-order valence-electron chi connectivity index (χ3n) is 7.38. The molecule has 0 aliphatic carbocycles. The Morgan fingerprint density at radius 3 is 2.71 bits per heavy atom. The molecule has 3 N–H and O–H groups in total. The number of alkyl halides is 2. The molecule has 5 heterocycles. The van der Waals surface area contributed by atoms with Crippen molar-refractivity contribution in [2.75, 3.05) is 4.90 Å². The molecule has 11 heteroatoms. The lowest BCUT2D eigenvalue weighted by molar-refractivity contribution is 0.141. The third-order valence-corrected chi connectivity index (χ3v) is 7.78. The van der Waals surface area contributed by atoms with Gasteiger partial charge in [-0.2, -0.15) is 10.1 Å². The normalized spacial score (nSPS) is 22.2. The van der Waals surface area contributed by atoms with E-state index in [0.717, 1.165) is 19.3 Å². The molecule has 8 nitrogen and oxygen atoms in total. The minimum Gasteiger partial charge on any atom is -0.345 e. The predicted molar refractivity (Wildman–Crippen MR) is 128 cm³/mol. The molecule has 1 aromatic carbocycles. The maximum atomic E-state index is 13.9. The number of nitrogens with one attached hydrogen (secondary N) is 1. The second-order valence-electron chi connectivity index (χ2n) is 9.13. The first kappa shape index (κ1) is 21.5. The molecule has 2 saturated heterocycles. The molecular formula is C23H24ClF2N7O. The first-order chi connectivity index (χ1) is 16.3. The van der Waals surface area contributed by atoms with Crippen LogP contribution in [0, 0.1) is 0 Å². The van der Waals surface area contributed by atoms with E-state index in [4.69, 9.17) is 22.3 Å². The number of H-pyrrole nitrogens is 1. The van der Waals surface area contributed by atoms with E-state index in [2.05, 4.69) is 15.0 Å². The van der Waals surface area contributed by atoms with Gasteiger partial charge >= 0.3 is 0 Å². The lowest BCUT2D eigenvalue weighted by atomic mass is 9.97. The molecule has 178 valence electrons. The van der Waals surface area contributed by atoms with E-state index in [1.165, 1.54) is 4.68 Å². The lowest BCUT2D eigenvalue weighted by Crippen LogP contribution is -2.40. The second kappa shape index (κ2) is 7.51. The highest BCUT2D eigenvalue weighted by Gasteiger charge is 2.46. The molecule has 2 aliphatic heterocycles. The van der Waals surface area contributed by atoms with Crippen LogP contribution in [0.5, 0.6) is 0 Å². The third kappa shape index (κ3) is 2.81. The van der Waals surface area contributed by atoms with E-state index < -0.39 is 6.43 Å². The van der Waals surface area contributed by atoms with Gasteiger partial charge in [-0.05, 0) is 32.3 Å². The number of hydrogen-bond donors (Lipinski definition) is 2. The van der Waals surface area contributed by atoms with Crippen LogP contribution in [-0.2, 0) is 13.6 Å². The average molecular weight is 488 g/mol. The van der Waals surface area contributed by atoms with Gasteiger partial charge in [0.2, 0.25) is 5.95 Å². The molecule has 0 radical (unpaired) electrons. The highest BCUT2D eigenvalue weighted by molar-refractivity contribution is 6.38. The molecule has 2 bridgehead atoms. The predicted octanol–water partition coefficient (Wildman–Crippen LogP) is 3.96. The molecule has 1 unspecified atom stereocenters. The second-order valence-corrected chi connectivity index (χ2v) is 9.51. The number of rotatable bonds is 4. The van der Waals surface area contributed by atoms with Crippen LogP contribution < -0.4 is 16.2 Å². The number of nitrogens with zero attached hydrogens (tertiary/aromatic N) is 5. The van der Waals surface area contributed by atoms with Gasteiger partial charge in [-0.25, -0.2) is 8.78 Å². The number of halogens is 3. The van der Waals surface area contributed by atoms with Gasteiger partial charge in [0.15, 0.2) is 0 Å². The fourth-order valence-electron chi connectivity index (χ4n) is 5.82. The van der Waals surface area contributed by atoms with Crippen molar-refractivity contribution in [1.29, 1.82) is 0 Å². The first-order valence-electron chi connectivity index (χ1n) is 11.4. The average Bonchev–Trinajstić information content (AvgIpc) is 3.56. The maximum Gasteiger partial charge on any atom is 0.280 e. The van der Waals surface area contributed by atoms with Crippen LogP contribution >= 0.6 is 11.6 Å². The summed E-state index contributed by atoms with van der Waals surface area (Å²) in [7, 11) is 1.70. The molecule has 2 fully saturated rings. The monoisotopic (exact) mass is 487 g/mol. The summed E-state index contributed by atoms with van der Waals surface area (Å²) in [5, 5.41) is 4.97. The summed E-state index contributed by atoms with van der Waals surface area (Å²) in [5.41, 5.74) is 7.66. The molecule has 0 saturated carbocycles. The summed E-state index contributed by atoms with van der Waals surface area (Å²) >= 11 is 6.69. The van der Waals surface area contributed by atoms with Gasteiger partial charge in [0, 0.05) is 54.4 Å². The fourth-order valence-corrected chi connectivity index (χ4v) is 6.18. The van der Waals surface area contributed by atoms with Gasteiger partial charge in [0.05, 0.1) is 15.9 Å². The Morgan fingerprint density at radius 2 is 2.06 bits per heavy atom. The number of nitrogens with two attached hydrogens (primary N) is 1. The van der Waals surface area contributed by atoms with Crippen molar-refractivity contribution in [2.45, 2.75) is 57.3 Å². The van der Waals surface area contributed by atoms with E-state index in [1.54, 1.807) is 36.9 Å². The van der Waals surface area contributed by atoms with Crippen molar-refractivity contribution in [3.63, 3.8) is 0 Å². The van der Waals surface area contributed by atoms with Crippen LogP contribution in [0.25, 0.3) is 33.1 Å². The standard InChI is InChI=1S/C23H24ClF2N7O/c1-3-32-19(20(25)26)17-14(30-32)6-5-11(18(17)24)12-9-28-21-16(12)22(34)31(2)23(29-21)33-10-4-7-15(33)13(27)8-10/h5-6,9-10,13,15,20,28H,3-4,7-8,27H2,1-2H3/t10-,13+,15?/m0/s1. The molecular weight excluding hydrogens is 464 g/mol. The molecule has 3 atom stereocenters. The largest absolute Gasteiger partial charge is 0.345 e. The summed E-state index contributed by atoms with van der Waals surface area (Å²) in [5.74, 6) is 0.595. The van der Waals surface area contributed by atoms with Gasteiger partial charge in [-0.1, -0.05) is 17.7 Å². The first-order valence-corrected chi connectivity index (χ1v) is 11.8. The smallest absolute Gasteiger partial charge is 0.280 e. The summed E-state index contributed by atoms with van der Waals surface area (Å²) < 4.78 is 30.6. The highest BCUT2D eigenvalue weighted by atomic mass is 35.5. The highest BCUT2D eigenvalue weighted by Crippen LogP contribution is 2.42. The zero-order valence-corrected chi connectivity index (χ0v) is 19.5. The van der Waals surface area contributed by atoms with Crippen molar-refractivity contribution in [2.24, 2.45) is 12.8 Å². The Bertz CT molecular complexity index is 1510. The van der Waals surface area contributed by atoms with E-state index in [0.29, 0.717) is 40.2 Å². The number of aromatic nitrogens is 5. The van der Waals surface area contributed by atoms with Crippen molar-refractivity contribution in [3.8, 4) is 11.1 Å². The van der Waals surface area contributed by atoms with E-state index in [1.807, 2.05) is 0 Å². The number of benzene rings is 1. The molecule has 3 aromatic heterocycles. The molecule has 0 spiro atoms. The fraction of sp³-hybridized carbons (Fsp3) is 0.435. The Morgan fingerprint density at radius 1 is 1.26 bits per heavy atom. The molecule has 4 aromatic rings. The summed E-state index contributed by atoms with van der Waals surface area (Å²) in [4.78, 5) is 23.6. The number of aryl methyl sites for hydroxylation is 1. The molecule has 0 amide bonds. The van der Waals surface area contributed by atoms with E-state index in [-0.39, 0.29) is 39.8 Å². The lowest BCUT2D eigenvalue weighted by Gasteiger charge is -2.25. The van der Waals surface area contributed by atoms with Crippen molar-refractivity contribution >= 4 is 39.5 Å². The number of hydrogen-bond acceptors (Lipinski definition) is 5. The van der Waals surface area contributed by atoms with Gasteiger partial charge in [-0.3, -0.25) is 14.0 Å². The maximum absolute atomic E-state index is 13.9. The Hall–Kier alpha value is -2.98.